The molecule has 0 unspecified atom stereocenters. The molecule has 0 atom stereocenters. The number of hydrogen-bond donors (Lipinski definition) is 0. The number of pyridine rings is 1. The number of ether oxygens (including phenoxy) is 1. The Morgan fingerprint density at radius 3 is 2.54 bits per heavy atom. The Morgan fingerprint density at radius 2 is 1.85 bits per heavy atom. The summed E-state index contributed by atoms with van der Waals surface area (Å²) >= 11 is 9.57. The van der Waals surface area contributed by atoms with E-state index in [9.17, 15) is 4.79 Å². The molecule has 1 amide bonds. The average molecular weight is 432 g/mol. The van der Waals surface area contributed by atoms with Crippen molar-refractivity contribution >= 4 is 39.3 Å². The van der Waals surface area contributed by atoms with Gasteiger partial charge < -0.3 is 4.74 Å². The Morgan fingerprint density at radius 1 is 1.08 bits per heavy atom. The fraction of sp³-hybridized carbons (Fsp3) is 0.100. The van der Waals surface area contributed by atoms with Crippen molar-refractivity contribution < 1.29 is 9.53 Å². The third kappa shape index (κ3) is 4.84. The maximum absolute atomic E-state index is 12.7. The Labute approximate surface area is 165 Å². The number of carbonyl (C=O) groups excluding carboxylic acids is 1. The number of carbonyl (C=O) groups is 1. The lowest BCUT2D eigenvalue weighted by molar-refractivity contribution is 0.146. The van der Waals surface area contributed by atoms with Crippen LogP contribution in [-0.2, 0) is 17.9 Å². The molecule has 0 spiro atoms. The number of hydrogen-bond acceptors (Lipinski definition) is 3. The summed E-state index contributed by atoms with van der Waals surface area (Å²) in [5.74, 6) is 0. The maximum atomic E-state index is 12.7. The number of aromatic nitrogens is 1. The van der Waals surface area contributed by atoms with E-state index in [4.69, 9.17) is 16.3 Å². The van der Waals surface area contributed by atoms with E-state index in [0.717, 1.165) is 15.6 Å². The van der Waals surface area contributed by atoms with Gasteiger partial charge in [-0.2, -0.15) is 0 Å². The first kappa shape index (κ1) is 18.4. The molecule has 0 radical (unpaired) electrons. The summed E-state index contributed by atoms with van der Waals surface area (Å²) in [5, 5.41) is 0.523. The molecule has 1 aromatic heterocycles. The Hall–Kier alpha value is -2.37. The van der Waals surface area contributed by atoms with E-state index in [1.165, 1.54) is 4.90 Å². The van der Waals surface area contributed by atoms with Crippen LogP contribution in [0.3, 0.4) is 0 Å². The monoisotopic (exact) mass is 430 g/mol. The standard InChI is InChI=1S/C20H16BrClN2O2/c21-18-9-8-17(11-19(18)22)24(13-16-7-4-10-23-12-16)20(25)26-14-15-5-2-1-3-6-15/h1-12H,13-14H2. The van der Waals surface area contributed by atoms with Crippen LogP contribution in [0.15, 0.2) is 77.5 Å². The largest absolute Gasteiger partial charge is 0.444 e. The minimum atomic E-state index is -0.448. The molecule has 2 aromatic carbocycles. The quantitative estimate of drug-likeness (QED) is 0.509. The minimum Gasteiger partial charge on any atom is -0.444 e. The number of anilines is 1. The van der Waals surface area contributed by atoms with Crippen molar-refractivity contribution in [1.82, 2.24) is 4.98 Å². The Balaban J connectivity index is 1.81. The summed E-state index contributed by atoms with van der Waals surface area (Å²) < 4.78 is 6.26. The van der Waals surface area contributed by atoms with Crippen molar-refractivity contribution in [2.45, 2.75) is 13.2 Å². The lowest BCUT2D eigenvalue weighted by atomic mass is 10.2. The maximum Gasteiger partial charge on any atom is 0.414 e. The molecule has 1 heterocycles. The zero-order chi connectivity index (χ0) is 18.4. The molecule has 0 N–H and O–H groups in total. The van der Waals surface area contributed by atoms with E-state index < -0.39 is 6.09 Å². The molecule has 26 heavy (non-hydrogen) atoms. The van der Waals surface area contributed by atoms with Crippen molar-refractivity contribution in [2.75, 3.05) is 4.90 Å². The van der Waals surface area contributed by atoms with Gasteiger partial charge >= 0.3 is 6.09 Å². The van der Waals surface area contributed by atoms with Crippen molar-refractivity contribution in [2.24, 2.45) is 0 Å². The molecule has 6 heteroatoms. The highest BCUT2D eigenvalue weighted by atomic mass is 79.9. The average Bonchev–Trinajstić information content (AvgIpc) is 2.68. The molecule has 0 saturated carbocycles. The van der Waals surface area contributed by atoms with Gasteiger partial charge in [0.25, 0.3) is 0 Å². The first-order chi connectivity index (χ1) is 12.6. The second-order valence-corrected chi connectivity index (χ2v) is 6.85. The van der Waals surface area contributed by atoms with E-state index >= 15 is 0 Å². The number of benzene rings is 2. The zero-order valence-electron chi connectivity index (χ0n) is 13.8. The molecule has 0 bridgehead atoms. The van der Waals surface area contributed by atoms with Gasteiger partial charge in [0.15, 0.2) is 0 Å². The smallest absolute Gasteiger partial charge is 0.414 e. The first-order valence-electron chi connectivity index (χ1n) is 7.95. The molecule has 4 nitrogen and oxygen atoms in total. The second-order valence-electron chi connectivity index (χ2n) is 5.59. The Bertz CT molecular complexity index is 875. The summed E-state index contributed by atoms with van der Waals surface area (Å²) in [6.45, 7) is 0.535. The van der Waals surface area contributed by atoms with Gasteiger partial charge in [0, 0.05) is 22.6 Å². The zero-order valence-corrected chi connectivity index (χ0v) is 16.2. The van der Waals surface area contributed by atoms with Gasteiger partial charge in [-0.1, -0.05) is 48.0 Å². The third-order valence-corrected chi connectivity index (χ3v) is 4.94. The van der Waals surface area contributed by atoms with Gasteiger partial charge in [-0.25, -0.2) is 4.79 Å². The van der Waals surface area contributed by atoms with Crippen LogP contribution >= 0.6 is 27.5 Å². The van der Waals surface area contributed by atoms with E-state index in [1.807, 2.05) is 48.5 Å². The number of amides is 1. The van der Waals surface area contributed by atoms with Crippen LogP contribution in [-0.4, -0.2) is 11.1 Å². The van der Waals surface area contributed by atoms with Crippen molar-refractivity contribution in [3.63, 3.8) is 0 Å². The van der Waals surface area contributed by atoms with Crippen LogP contribution < -0.4 is 4.90 Å². The Kier molecular flexibility index (Phi) is 6.26. The van der Waals surface area contributed by atoms with Crippen molar-refractivity contribution in [1.29, 1.82) is 0 Å². The van der Waals surface area contributed by atoms with Crippen LogP contribution in [0.2, 0.25) is 5.02 Å². The van der Waals surface area contributed by atoms with Gasteiger partial charge in [-0.05, 0) is 51.3 Å². The van der Waals surface area contributed by atoms with Gasteiger partial charge in [0.1, 0.15) is 6.61 Å². The van der Waals surface area contributed by atoms with Crippen LogP contribution in [0.25, 0.3) is 0 Å². The molecular formula is C20H16BrClN2O2. The molecule has 132 valence electrons. The molecule has 0 fully saturated rings. The van der Waals surface area contributed by atoms with Gasteiger partial charge in [-0.3, -0.25) is 9.88 Å². The summed E-state index contributed by atoms with van der Waals surface area (Å²) in [5.41, 5.74) is 2.47. The van der Waals surface area contributed by atoms with Crippen molar-refractivity contribution in [3.05, 3.63) is 93.7 Å². The summed E-state index contributed by atoms with van der Waals surface area (Å²) in [4.78, 5) is 18.4. The van der Waals surface area contributed by atoms with E-state index in [-0.39, 0.29) is 6.61 Å². The summed E-state index contributed by atoms with van der Waals surface area (Å²) in [7, 11) is 0. The molecule has 0 saturated heterocycles. The third-order valence-electron chi connectivity index (χ3n) is 3.70. The topological polar surface area (TPSA) is 42.4 Å². The predicted octanol–water partition coefficient (Wildman–Crippen LogP) is 5.84. The molecule has 3 aromatic rings. The molecule has 0 aliphatic carbocycles. The highest BCUT2D eigenvalue weighted by Crippen LogP contribution is 2.29. The molecular weight excluding hydrogens is 416 g/mol. The van der Waals surface area contributed by atoms with E-state index in [2.05, 4.69) is 20.9 Å². The van der Waals surface area contributed by atoms with Crippen LogP contribution in [0.5, 0.6) is 0 Å². The lowest BCUT2D eigenvalue weighted by Crippen LogP contribution is -2.31. The summed E-state index contributed by atoms with van der Waals surface area (Å²) in [6.07, 6.45) is 2.96. The molecule has 0 aliphatic rings. The highest BCUT2D eigenvalue weighted by molar-refractivity contribution is 9.10. The highest BCUT2D eigenvalue weighted by Gasteiger charge is 2.19. The lowest BCUT2D eigenvalue weighted by Gasteiger charge is -2.23. The number of rotatable bonds is 5. The van der Waals surface area contributed by atoms with Crippen LogP contribution in [0.1, 0.15) is 11.1 Å². The second kappa shape index (κ2) is 8.83. The van der Waals surface area contributed by atoms with E-state index in [0.29, 0.717) is 17.3 Å². The van der Waals surface area contributed by atoms with Gasteiger partial charge in [0.05, 0.1) is 11.6 Å². The molecule has 3 rings (SSSR count). The van der Waals surface area contributed by atoms with Crippen LogP contribution in [0, 0.1) is 0 Å². The van der Waals surface area contributed by atoms with Crippen molar-refractivity contribution in [3.8, 4) is 0 Å². The summed E-state index contributed by atoms with van der Waals surface area (Å²) in [6, 6.07) is 18.6. The fourth-order valence-corrected chi connectivity index (χ4v) is 2.81. The fourth-order valence-electron chi connectivity index (χ4n) is 2.39. The number of halogens is 2. The van der Waals surface area contributed by atoms with Gasteiger partial charge in [-0.15, -0.1) is 0 Å². The van der Waals surface area contributed by atoms with Crippen LogP contribution in [0.4, 0.5) is 10.5 Å². The SMILES string of the molecule is O=C(OCc1ccccc1)N(Cc1cccnc1)c1ccc(Br)c(Cl)c1. The normalized spacial score (nSPS) is 10.4. The first-order valence-corrected chi connectivity index (χ1v) is 9.13. The minimum absolute atomic E-state index is 0.202. The van der Waals surface area contributed by atoms with E-state index in [1.54, 1.807) is 24.5 Å². The van der Waals surface area contributed by atoms with Gasteiger partial charge in [0.2, 0.25) is 0 Å². The molecule has 0 aliphatic heterocycles. The number of nitrogens with zero attached hydrogens (tertiary/aromatic N) is 2. The predicted molar refractivity (Wildman–Crippen MR) is 106 cm³/mol.